The van der Waals surface area contributed by atoms with Crippen LogP contribution in [-0.2, 0) is 0 Å². The lowest BCUT2D eigenvalue weighted by Crippen LogP contribution is -2.28. The summed E-state index contributed by atoms with van der Waals surface area (Å²) >= 11 is 0. The van der Waals surface area contributed by atoms with Crippen molar-refractivity contribution in [2.45, 2.75) is 19.9 Å². The van der Waals surface area contributed by atoms with Gasteiger partial charge < -0.3 is 11.1 Å². The van der Waals surface area contributed by atoms with Gasteiger partial charge in [-0.05, 0) is 13.8 Å². The van der Waals surface area contributed by atoms with Crippen molar-refractivity contribution in [1.29, 1.82) is 0 Å². The van der Waals surface area contributed by atoms with Crippen molar-refractivity contribution < 1.29 is 0 Å². The van der Waals surface area contributed by atoms with Crippen molar-refractivity contribution in [3.8, 4) is 0 Å². The second kappa shape index (κ2) is 4.12. The van der Waals surface area contributed by atoms with Gasteiger partial charge in [-0.1, -0.05) is 18.7 Å². The largest absolute Gasteiger partial charge is 0.384 e. The highest BCUT2D eigenvalue weighted by Crippen LogP contribution is 1.91. The van der Waals surface area contributed by atoms with Crippen LogP contribution in [0.5, 0.6) is 0 Å². The highest BCUT2D eigenvalue weighted by molar-refractivity contribution is 5.03. The van der Waals surface area contributed by atoms with E-state index in [-0.39, 0.29) is 6.04 Å². The molecule has 0 fully saturated rings. The van der Waals surface area contributed by atoms with Gasteiger partial charge in [0.05, 0.1) is 0 Å². The average molecular weight is 140 g/mol. The molecule has 0 heterocycles. The van der Waals surface area contributed by atoms with E-state index in [1.54, 1.807) is 0 Å². The predicted molar refractivity (Wildman–Crippen MR) is 45.6 cm³/mol. The van der Waals surface area contributed by atoms with Crippen LogP contribution in [-0.4, -0.2) is 12.6 Å². The molecule has 0 aliphatic rings. The molecule has 0 aromatic carbocycles. The van der Waals surface area contributed by atoms with Crippen LogP contribution in [0, 0.1) is 0 Å². The van der Waals surface area contributed by atoms with Gasteiger partial charge in [-0.2, -0.15) is 0 Å². The number of rotatable bonds is 4. The molecule has 2 nitrogen and oxygen atoms in total. The molecule has 0 amide bonds. The zero-order valence-corrected chi connectivity index (χ0v) is 6.78. The minimum absolute atomic E-state index is 0.0133. The Labute approximate surface area is 62.8 Å². The maximum absolute atomic E-state index is 5.53. The van der Waals surface area contributed by atoms with Gasteiger partial charge in [0, 0.05) is 18.3 Å². The van der Waals surface area contributed by atoms with E-state index in [1.165, 1.54) is 0 Å². The van der Waals surface area contributed by atoms with Crippen molar-refractivity contribution in [1.82, 2.24) is 5.32 Å². The van der Waals surface area contributed by atoms with E-state index in [2.05, 4.69) is 18.5 Å². The van der Waals surface area contributed by atoms with Crippen LogP contribution >= 0.6 is 0 Å². The summed E-state index contributed by atoms with van der Waals surface area (Å²) in [4.78, 5) is 0. The van der Waals surface area contributed by atoms with Crippen LogP contribution in [0.25, 0.3) is 0 Å². The van der Waals surface area contributed by atoms with Crippen molar-refractivity contribution in [3.63, 3.8) is 0 Å². The summed E-state index contributed by atoms with van der Waals surface area (Å²) in [6, 6.07) is 0.0133. The normalized spacial score (nSPS) is 12.3. The number of nitrogens with two attached hydrogens (primary N) is 1. The lowest BCUT2D eigenvalue weighted by Gasteiger charge is -2.11. The number of nitrogens with one attached hydrogen (secondary N) is 1. The Kier molecular flexibility index (Phi) is 3.81. The molecular weight excluding hydrogens is 124 g/mol. The first kappa shape index (κ1) is 9.24. The summed E-state index contributed by atoms with van der Waals surface area (Å²) < 4.78 is 0. The molecule has 0 aliphatic heterocycles. The number of hydrogen-bond acceptors (Lipinski definition) is 2. The topological polar surface area (TPSA) is 38.0 Å². The summed E-state index contributed by atoms with van der Waals surface area (Å²) in [5, 5.41) is 3.06. The van der Waals surface area contributed by atoms with Gasteiger partial charge in [0.1, 0.15) is 0 Å². The van der Waals surface area contributed by atoms with Gasteiger partial charge in [-0.15, -0.1) is 0 Å². The zero-order chi connectivity index (χ0) is 8.15. The summed E-state index contributed by atoms with van der Waals surface area (Å²) in [5.41, 5.74) is 7.48. The molecule has 3 N–H and O–H groups in total. The van der Waals surface area contributed by atoms with Gasteiger partial charge in [0.25, 0.3) is 0 Å². The Bertz CT molecular complexity index is 136. The fraction of sp³-hybridized carbons (Fsp3) is 0.500. The highest BCUT2D eigenvalue weighted by atomic mass is 14.9. The molecular formula is C8H16N2. The first-order chi connectivity index (χ1) is 4.54. The molecule has 0 saturated carbocycles. The zero-order valence-electron chi connectivity index (χ0n) is 6.78. The predicted octanol–water partition coefficient (Wildman–Crippen LogP) is 1.01. The summed E-state index contributed by atoms with van der Waals surface area (Å²) in [7, 11) is 0. The molecule has 0 aromatic rings. The Morgan fingerprint density at radius 1 is 1.60 bits per heavy atom. The van der Waals surface area contributed by atoms with E-state index in [0.29, 0.717) is 0 Å². The minimum atomic E-state index is 0.0133. The fourth-order valence-corrected chi connectivity index (χ4v) is 0.425. The van der Waals surface area contributed by atoms with E-state index < -0.39 is 0 Å². The Hall–Kier alpha value is -0.760. The van der Waals surface area contributed by atoms with Crippen LogP contribution in [0.2, 0.25) is 0 Å². The summed E-state index contributed by atoms with van der Waals surface area (Å²) in [6.45, 7) is 12.1. The lowest BCUT2D eigenvalue weighted by molar-refractivity contribution is 0.741. The third-order valence-electron chi connectivity index (χ3n) is 1.17. The molecule has 58 valence electrons. The van der Waals surface area contributed by atoms with Crippen LogP contribution in [0.1, 0.15) is 13.8 Å². The van der Waals surface area contributed by atoms with Crippen molar-refractivity contribution >= 4 is 0 Å². The molecule has 2 heteroatoms. The van der Waals surface area contributed by atoms with Gasteiger partial charge in [-0.25, -0.2) is 0 Å². The Balaban J connectivity index is 3.50. The standard InChI is InChI=1S/C8H16N2/c1-6(2)5-10-8(4)7(3)9/h7,10H,1,4-5,9H2,2-3H3. The monoisotopic (exact) mass is 140 g/mol. The Morgan fingerprint density at radius 2 is 2.10 bits per heavy atom. The smallest absolute Gasteiger partial charge is 0.0409 e. The second-order valence-corrected chi connectivity index (χ2v) is 2.62. The van der Waals surface area contributed by atoms with E-state index in [9.17, 15) is 0 Å². The maximum Gasteiger partial charge on any atom is 0.0409 e. The van der Waals surface area contributed by atoms with Crippen molar-refractivity contribution in [3.05, 3.63) is 24.4 Å². The quantitative estimate of drug-likeness (QED) is 0.572. The molecule has 0 radical (unpaired) electrons. The van der Waals surface area contributed by atoms with E-state index >= 15 is 0 Å². The molecule has 10 heavy (non-hydrogen) atoms. The first-order valence-electron chi connectivity index (χ1n) is 3.36. The van der Waals surface area contributed by atoms with Crippen molar-refractivity contribution in [2.24, 2.45) is 5.73 Å². The average Bonchev–Trinajstić information content (AvgIpc) is 1.82. The van der Waals surface area contributed by atoms with Gasteiger partial charge >= 0.3 is 0 Å². The third-order valence-corrected chi connectivity index (χ3v) is 1.17. The fourth-order valence-electron chi connectivity index (χ4n) is 0.425. The van der Waals surface area contributed by atoms with Crippen molar-refractivity contribution in [2.75, 3.05) is 6.54 Å². The SMILES string of the molecule is C=C(C)CNC(=C)C(C)N. The van der Waals surface area contributed by atoms with Gasteiger partial charge in [0.15, 0.2) is 0 Å². The van der Waals surface area contributed by atoms with Crippen LogP contribution in [0.15, 0.2) is 24.4 Å². The second-order valence-electron chi connectivity index (χ2n) is 2.62. The third kappa shape index (κ3) is 4.15. The van der Waals surface area contributed by atoms with E-state index in [4.69, 9.17) is 5.73 Å². The molecule has 0 spiro atoms. The molecule has 0 saturated heterocycles. The van der Waals surface area contributed by atoms with E-state index in [0.717, 1.165) is 17.8 Å². The Morgan fingerprint density at radius 3 is 2.40 bits per heavy atom. The molecule has 0 aliphatic carbocycles. The van der Waals surface area contributed by atoms with E-state index in [1.807, 2.05) is 13.8 Å². The first-order valence-corrected chi connectivity index (χ1v) is 3.36. The van der Waals surface area contributed by atoms with Gasteiger partial charge in [-0.3, -0.25) is 0 Å². The lowest BCUT2D eigenvalue weighted by atomic mass is 10.2. The summed E-state index contributed by atoms with van der Waals surface area (Å²) in [6.07, 6.45) is 0. The maximum atomic E-state index is 5.53. The summed E-state index contributed by atoms with van der Waals surface area (Å²) in [5.74, 6) is 0. The minimum Gasteiger partial charge on any atom is -0.384 e. The van der Waals surface area contributed by atoms with Crippen LogP contribution < -0.4 is 11.1 Å². The van der Waals surface area contributed by atoms with Crippen LogP contribution in [0.4, 0.5) is 0 Å². The molecule has 0 bridgehead atoms. The molecule has 0 rings (SSSR count). The molecule has 1 unspecified atom stereocenters. The van der Waals surface area contributed by atoms with Crippen LogP contribution in [0.3, 0.4) is 0 Å². The number of hydrogen-bond donors (Lipinski definition) is 2. The highest BCUT2D eigenvalue weighted by Gasteiger charge is 1.97. The molecule has 0 aromatic heterocycles. The molecule has 1 atom stereocenters. The van der Waals surface area contributed by atoms with Gasteiger partial charge in [0.2, 0.25) is 0 Å².